The standard InChI is InChI=1S/C29H31N5O2/c1-21-17-33(18-22(2)36-21)19-23-8-10-25(11-9-23)29(35)31-16-26-20-34(27-6-4-3-5-7-27)32-28(26)24-12-14-30-15-13-24/h3-15,20-22H,16-19H2,1-2H3,(H,31,35). The molecular weight excluding hydrogens is 450 g/mol. The van der Waals surface area contributed by atoms with Gasteiger partial charge in [0, 0.05) is 61.5 Å². The van der Waals surface area contributed by atoms with E-state index in [1.807, 2.05) is 77.6 Å². The van der Waals surface area contributed by atoms with Gasteiger partial charge in [0.2, 0.25) is 0 Å². The van der Waals surface area contributed by atoms with Gasteiger partial charge < -0.3 is 10.1 Å². The monoisotopic (exact) mass is 481 g/mol. The van der Waals surface area contributed by atoms with Gasteiger partial charge in [-0.3, -0.25) is 14.7 Å². The Kier molecular flexibility index (Phi) is 7.21. The van der Waals surface area contributed by atoms with E-state index in [1.165, 1.54) is 5.56 Å². The molecule has 4 aromatic rings. The molecule has 2 atom stereocenters. The van der Waals surface area contributed by atoms with Gasteiger partial charge in [0.1, 0.15) is 0 Å². The molecule has 7 nitrogen and oxygen atoms in total. The highest BCUT2D eigenvalue weighted by atomic mass is 16.5. The van der Waals surface area contributed by atoms with Gasteiger partial charge in [-0.05, 0) is 55.8 Å². The summed E-state index contributed by atoms with van der Waals surface area (Å²) in [6, 6.07) is 21.7. The summed E-state index contributed by atoms with van der Waals surface area (Å²) in [4.78, 5) is 19.5. The Labute approximate surface area is 211 Å². The molecule has 36 heavy (non-hydrogen) atoms. The number of nitrogens with one attached hydrogen (secondary N) is 1. The number of para-hydroxylation sites is 1. The molecule has 2 aromatic carbocycles. The molecule has 2 unspecified atom stereocenters. The second-order valence-corrected chi connectivity index (χ2v) is 9.35. The molecule has 2 aromatic heterocycles. The van der Waals surface area contributed by atoms with Crippen molar-refractivity contribution in [1.29, 1.82) is 0 Å². The van der Waals surface area contributed by atoms with Gasteiger partial charge in [-0.15, -0.1) is 0 Å². The topological polar surface area (TPSA) is 72.3 Å². The molecule has 1 aliphatic rings. The number of hydrogen-bond donors (Lipinski definition) is 1. The van der Waals surface area contributed by atoms with E-state index in [0.29, 0.717) is 12.1 Å². The number of carbonyl (C=O) groups excluding carboxylic acids is 1. The van der Waals surface area contributed by atoms with Gasteiger partial charge in [-0.1, -0.05) is 30.3 Å². The van der Waals surface area contributed by atoms with Crippen LogP contribution in [0.2, 0.25) is 0 Å². The van der Waals surface area contributed by atoms with Crippen molar-refractivity contribution < 1.29 is 9.53 Å². The summed E-state index contributed by atoms with van der Waals surface area (Å²) in [5.74, 6) is -0.108. The number of benzene rings is 2. The zero-order chi connectivity index (χ0) is 24.9. The van der Waals surface area contributed by atoms with Crippen LogP contribution in [-0.4, -0.2) is 50.9 Å². The van der Waals surface area contributed by atoms with E-state index >= 15 is 0 Å². The molecule has 1 saturated heterocycles. The minimum absolute atomic E-state index is 0.108. The van der Waals surface area contributed by atoms with E-state index in [0.717, 1.165) is 42.1 Å². The molecule has 7 heteroatoms. The summed E-state index contributed by atoms with van der Waals surface area (Å²) in [5, 5.41) is 7.87. The number of pyridine rings is 1. The van der Waals surface area contributed by atoms with Crippen molar-refractivity contribution in [3.8, 4) is 16.9 Å². The normalized spacial score (nSPS) is 18.2. The minimum Gasteiger partial charge on any atom is -0.373 e. The Bertz CT molecular complexity index is 1280. The average molecular weight is 482 g/mol. The largest absolute Gasteiger partial charge is 0.373 e. The predicted molar refractivity (Wildman–Crippen MR) is 140 cm³/mol. The van der Waals surface area contributed by atoms with Crippen LogP contribution in [0.3, 0.4) is 0 Å². The van der Waals surface area contributed by atoms with Crippen molar-refractivity contribution >= 4 is 5.91 Å². The van der Waals surface area contributed by atoms with Crippen molar-refractivity contribution in [2.24, 2.45) is 0 Å². The number of rotatable bonds is 7. The second-order valence-electron chi connectivity index (χ2n) is 9.35. The van der Waals surface area contributed by atoms with Gasteiger partial charge in [0.25, 0.3) is 5.91 Å². The maximum absolute atomic E-state index is 13.0. The van der Waals surface area contributed by atoms with Crippen LogP contribution in [0.4, 0.5) is 0 Å². The van der Waals surface area contributed by atoms with Crippen LogP contribution in [-0.2, 0) is 17.8 Å². The first kappa shape index (κ1) is 23.9. The second kappa shape index (κ2) is 10.8. The van der Waals surface area contributed by atoms with E-state index in [-0.39, 0.29) is 18.1 Å². The van der Waals surface area contributed by atoms with Crippen molar-refractivity contribution in [3.05, 3.63) is 102 Å². The van der Waals surface area contributed by atoms with Gasteiger partial charge >= 0.3 is 0 Å². The lowest BCUT2D eigenvalue weighted by atomic mass is 10.1. The van der Waals surface area contributed by atoms with Crippen LogP contribution >= 0.6 is 0 Å². The highest BCUT2D eigenvalue weighted by Gasteiger charge is 2.22. The fraction of sp³-hybridized carbons (Fsp3) is 0.276. The number of ether oxygens (including phenoxy) is 1. The predicted octanol–water partition coefficient (Wildman–Crippen LogP) is 4.47. The SMILES string of the molecule is CC1CN(Cc2ccc(C(=O)NCc3cn(-c4ccccc4)nc3-c3ccncc3)cc2)CC(C)O1. The van der Waals surface area contributed by atoms with Crippen LogP contribution in [0, 0.1) is 0 Å². The summed E-state index contributed by atoms with van der Waals surface area (Å²) in [7, 11) is 0. The average Bonchev–Trinajstić information content (AvgIpc) is 3.32. The maximum atomic E-state index is 13.0. The Morgan fingerprint density at radius 1 is 0.972 bits per heavy atom. The zero-order valence-electron chi connectivity index (χ0n) is 20.7. The summed E-state index contributed by atoms with van der Waals surface area (Å²) in [5.41, 5.74) is 5.52. The van der Waals surface area contributed by atoms with E-state index in [2.05, 4.69) is 29.0 Å². The molecular formula is C29H31N5O2. The first-order valence-corrected chi connectivity index (χ1v) is 12.3. The number of aromatic nitrogens is 3. The third-order valence-corrected chi connectivity index (χ3v) is 6.32. The van der Waals surface area contributed by atoms with Crippen molar-refractivity contribution in [3.63, 3.8) is 0 Å². The number of morpholine rings is 1. The van der Waals surface area contributed by atoms with Crippen LogP contribution in [0.1, 0.15) is 35.3 Å². The summed E-state index contributed by atoms with van der Waals surface area (Å²) >= 11 is 0. The maximum Gasteiger partial charge on any atom is 0.251 e. The Morgan fingerprint density at radius 2 is 1.67 bits per heavy atom. The smallest absolute Gasteiger partial charge is 0.251 e. The molecule has 0 radical (unpaired) electrons. The fourth-order valence-corrected chi connectivity index (χ4v) is 4.72. The highest BCUT2D eigenvalue weighted by molar-refractivity contribution is 5.94. The third kappa shape index (κ3) is 5.70. The molecule has 1 amide bonds. The van der Waals surface area contributed by atoms with E-state index in [1.54, 1.807) is 12.4 Å². The summed E-state index contributed by atoms with van der Waals surface area (Å²) < 4.78 is 7.67. The van der Waals surface area contributed by atoms with Crippen molar-refractivity contribution in [1.82, 2.24) is 25.0 Å². The lowest BCUT2D eigenvalue weighted by Crippen LogP contribution is -2.44. The van der Waals surface area contributed by atoms with Crippen LogP contribution in [0.5, 0.6) is 0 Å². The van der Waals surface area contributed by atoms with Crippen LogP contribution < -0.4 is 5.32 Å². The molecule has 3 heterocycles. The number of amides is 1. The first-order valence-electron chi connectivity index (χ1n) is 12.3. The van der Waals surface area contributed by atoms with Gasteiger partial charge in [-0.25, -0.2) is 4.68 Å². The van der Waals surface area contributed by atoms with Crippen LogP contribution in [0.25, 0.3) is 16.9 Å². The van der Waals surface area contributed by atoms with E-state index < -0.39 is 0 Å². The molecule has 0 saturated carbocycles. The number of hydrogen-bond acceptors (Lipinski definition) is 5. The molecule has 0 bridgehead atoms. The van der Waals surface area contributed by atoms with Gasteiger partial charge in [0.05, 0.1) is 23.6 Å². The lowest BCUT2D eigenvalue weighted by Gasteiger charge is -2.35. The first-order chi connectivity index (χ1) is 17.5. The molecule has 1 aliphatic heterocycles. The Morgan fingerprint density at radius 3 is 2.36 bits per heavy atom. The lowest BCUT2D eigenvalue weighted by molar-refractivity contribution is -0.0704. The van der Waals surface area contributed by atoms with Gasteiger partial charge in [0.15, 0.2) is 0 Å². The van der Waals surface area contributed by atoms with Crippen molar-refractivity contribution in [2.45, 2.75) is 39.1 Å². The summed E-state index contributed by atoms with van der Waals surface area (Å²) in [6.07, 6.45) is 5.95. The zero-order valence-corrected chi connectivity index (χ0v) is 20.7. The van der Waals surface area contributed by atoms with E-state index in [9.17, 15) is 4.79 Å². The minimum atomic E-state index is -0.108. The highest BCUT2D eigenvalue weighted by Crippen LogP contribution is 2.23. The summed E-state index contributed by atoms with van der Waals surface area (Å²) in [6.45, 7) is 7.29. The molecule has 1 N–H and O–H groups in total. The molecule has 0 aliphatic carbocycles. The van der Waals surface area contributed by atoms with Crippen LogP contribution in [0.15, 0.2) is 85.3 Å². The van der Waals surface area contributed by atoms with E-state index in [4.69, 9.17) is 9.84 Å². The Balaban J connectivity index is 1.27. The molecule has 0 spiro atoms. The quantitative estimate of drug-likeness (QED) is 0.422. The molecule has 184 valence electrons. The molecule has 5 rings (SSSR count). The number of nitrogens with zero attached hydrogens (tertiary/aromatic N) is 4. The number of carbonyl (C=O) groups is 1. The fourth-order valence-electron chi connectivity index (χ4n) is 4.72. The van der Waals surface area contributed by atoms with Crippen molar-refractivity contribution in [2.75, 3.05) is 13.1 Å². The molecule has 1 fully saturated rings. The van der Waals surface area contributed by atoms with Gasteiger partial charge in [-0.2, -0.15) is 5.10 Å². The Hall–Kier alpha value is -3.81. The third-order valence-electron chi connectivity index (χ3n) is 6.32.